The first kappa shape index (κ1) is 15.9. The van der Waals surface area contributed by atoms with Crippen LogP contribution in [0.2, 0.25) is 0 Å². The minimum absolute atomic E-state index is 0.0179. The highest BCUT2D eigenvalue weighted by Crippen LogP contribution is 2.30. The minimum Gasteiger partial charge on any atom is -0.485 e. The largest absolute Gasteiger partial charge is 0.485 e. The lowest BCUT2D eigenvalue weighted by Crippen LogP contribution is -2.32. The van der Waals surface area contributed by atoms with Crippen LogP contribution >= 0.6 is 0 Å². The summed E-state index contributed by atoms with van der Waals surface area (Å²) in [4.78, 5) is 21.1. The van der Waals surface area contributed by atoms with Crippen LogP contribution in [0.3, 0.4) is 0 Å². The molecule has 1 atom stereocenters. The fourth-order valence-corrected chi connectivity index (χ4v) is 3.47. The molecule has 0 saturated carbocycles. The molecule has 2 saturated heterocycles. The second kappa shape index (κ2) is 6.70. The number of nitrogens with zero attached hydrogens (tertiary/aromatic N) is 6. The lowest BCUT2D eigenvalue weighted by molar-refractivity contribution is 0.0761. The van der Waals surface area contributed by atoms with Crippen LogP contribution in [0, 0.1) is 0 Å². The number of carbonyl (C=O) groups excluding carboxylic acids is 1. The summed E-state index contributed by atoms with van der Waals surface area (Å²) in [6.07, 6.45) is 6.49. The average Bonchev–Trinajstić information content (AvgIpc) is 3.36. The monoisotopic (exact) mass is 342 g/mol. The van der Waals surface area contributed by atoms with Gasteiger partial charge in [-0.15, -0.1) is 5.10 Å². The number of rotatable bonds is 4. The van der Waals surface area contributed by atoms with E-state index in [4.69, 9.17) is 4.74 Å². The van der Waals surface area contributed by atoms with Gasteiger partial charge in [0, 0.05) is 39.3 Å². The SMILES string of the molecule is Cn1nncc1C(=O)N1CCC(Oc2cccnc2N2CCCC2)C1. The first-order valence-electron chi connectivity index (χ1n) is 8.73. The van der Waals surface area contributed by atoms with Crippen LogP contribution in [0.25, 0.3) is 0 Å². The van der Waals surface area contributed by atoms with Crippen molar-refractivity contribution in [2.75, 3.05) is 31.1 Å². The quantitative estimate of drug-likeness (QED) is 0.828. The Bertz CT molecular complexity index is 755. The van der Waals surface area contributed by atoms with Crippen molar-refractivity contribution in [1.82, 2.24) is 24.9 Å². The van der Waals surface area contributed by atoms with E-state index in [0.717, 1.165) is 31.1 Å². The molecule has 0 bridgehead atoms. The number of aromatic nitrogens is 4. The van der Waals surface area contributed by atoms with Gasteiger partial charge in [0.1, 0.15) is 11.8 Å². The molecule has 2 aromatic rings. The molecule has 25 heavy (non-hydrogen) atoms. The summed E-state index contributed by atoms with van der Waals surface area (Å²) < 4.78 is 7.71. The van der Waals surface area contributed by atoms with Gasteiger partial charge in [0.15, 0.2) is 11.6 Å². The van der Waals surface area contributed by atoms with Crippen molar-refractivity contribution < 1.29 is 9.53 Å². The Morgan fingerprint density at radius 2 is 2.12 bits per heavy atom. The van der Waals surface area contributed by atoms with E-state index in [0.29, 0.717) is 18.8 Å². The lowest BCUT2D eigenvalue weighted by Gasteiger charge is -2.22. The van der Waals surface area contributed by atoms with E-state index in [-0.39, 0.29) is 12.0 Å². The van der Waals surface area contributed by atoms with Crippen LogP contribution in [-0.4, -0.2) is 63.1 Å². The predicted molar refractivity (Wildman–Crippen MR) is 91.6 cm³/mol. The summed E-state index contributed by atoms with van der Waals surface area (Å²) in [5.41, 5.74) is 0.500. The number of hydrogen-bond donors (Lipinski definition) is 0. The maximum Gasteiger partial charge on any atom is 0.273 e. The highest BCUT2D eigenvalue weighted by atomic mass is 16.5. The molecule has 0 aromatic carbocycles. The number of carbonyl (C=O) groups is 1. The molecule has 132 valence electrons. The number of ether oxygens (including phenoxy) is 1. The zero-order valence-electron chi connectivity index (χ0n) is 14.3. The molecule has 4 heterocycles. The molecule has 2 fully saturated rings. The molecule has 8 nitrogen and oxygen atoms in total. The van der Waals surface area contributed by atoms with Crippen LogP contribution < -0.4 is 9.64 Å². The van der Waals surface area contributed by atoms with Gasteiger partial charge in [-0.25, -0.2) is 9.67 Å². The van der Waals surface area contributed by atoms with Crippen LogP contribution in [0.5, 0.6) is 5.75 Å². The molecule has 2 aliphatic heterocycles. The summed E-state index contributed by atoms with van der Waals surface area (Å²) in [5, 5.41) is 7.60. The molecule has 4 rings (SSSR count). The van der Waals surface area contributed by atoms with E-state index in [1.807, 2.05) is 12.1 Å². The van der Waals surface area contributed by atoms with Crippen LogP contribution in [-0.2, 0) is 7.05 Å². The van der Waals surface area contributed by atoms with Gasteiger partial charge in [-0.05, 0) is 25.0 Å². The van der Waals surface area contributed by atoms with Crippen molar-refractivity contribution in [2.24, 2.45) is 7.05 Å². The van der Waals surface area contributed by atoms with Gasteiger partial charge in [-0.2, -0.15) is 0 Å². The summed E-state index contributed by atoms with van der Waals surface area (Å²) in [6.45, 7) is 3.29. The van der Waals surface area contributed by atoms with Crippen LogP contribution in [0.15, 0.2) is 24.5 Å². The number of likely N-dealkylation sites (tertiary alicyclic amines) is 1. The third-order valence-electron chi connectivity index (χ3n) is 4.82. The van der Waals surface area contributed by atoms with Gasteiger partial charge >= 0.3 is 0 Å². The van der Waals surface area contributed by atoms with E-state index in [9.17, 15) is 4.79 Å². The molecule has 2 aromatic heterocycles. The lowest BCUT2D eigenvalue weighted by atomic mass is 10.3. The van der Waals surface area contributed by atoms with E-state index >= 15 is 0 Å². The Kier molecular flexibility index (Phi) is 4.25. The Labute approximate surface area is 146 Å². The van der Waals surface area contributed by atoms with Crippen molar-refractivity contribution in [3.63, 3.8) is 0 Å². The summed E-state index contributed by atoms with van der Waals surface area (Å²) in [6, 6.07) is 3.87. The van der Waals surface area contributed by atoms with E-state index in [2.05, 4.69) is 20.2 Å². The van der Waals surface area contributed by atoms with Gasteiger partial charge in [0.25, 0.3) is 5.91 Å². The van der Waals surface area contributed by atoms with Crippen molar-refractivity contribution >= 4 is 11.7 Å². The van der Waals surface area contributed by atoms with Crippen LogP contribution in [0.1, 0.15) is 29.8 Å². The summed E-state index contributed by atoms with van der Waals surface area (Å²) in [5.74, 6) is 1.68. The fraction of sp³-hybridized carbons (Fsp3) is 0.529. The third kappa shape index (κ3) is 3.16. The maximum atomic E-state index is 12.6. The van der Waals surface area contributed by atoms with Crippen LogP contribution in [0.4, 0.5) is 5.82 Å². The molecule has 0 radical (unpaired) electrons. The van der Waals surface area contributed by atoms with Gasteiger partial charge in [0.05, 0.1) is 12.7 Å². The average molecular weight is 342 g/mol. The van der Waals surface area contributed by atoms with E-state index < -0.39 is 0 Å². The molecule has 1 amide bonds. The Balaban J connectivity index is 1.43. The standard InChI is InChI=1S/C17H22N6O2/c1-21-14(11-19-20-21)17(24)23-10-6-13(12-23)25-15-5-4-7-18-16(15)22-8-2-3-9-22/h4-5,7,11,13H,2-3,6,8-10,12H2,1H3. The Hall–Kier alpha value is -2.64. The molecular formula is C17H22N6O2. The first-order valence-corrected chi connectivity index (χ1v) is 8.73. The van der Waals surface area contributed by atoms with Crippen molar-refractivity contribution in [2.45, 2.75) is 25.4 Å². The third-order valence-corrected chi connectivity index (χ3v) is 4.82. The Morgan fingerprint density at radius 3 is 2.88 bits per heavy atom. The van der Waals surface area contributed by atoms with E-state index in [1.54, 1.807) is 18.1 Å². The first-order chi connectivity index (χ1) is 12.2. The molecule has 0 N–H and O–H groups in total. The smallest absolute Gasteiger partial charge is 0.273 e. The normalized spacial score (nSPS) is 20.3. The minimum atomic E-state index is -0.0513. The number of anilines is 1. The second-order valence-electron chi connectivity index (χ2n) is 6.54. The zero-order valence-corrected chi connectivity index (χ0v) is 14.3. The number of pyridine rings is 1. The van der Waals surface area contributed by atoms with Crippen molar-refractivity contribution in [3.8, 4) is 5.75 Å². The van der Waals surface area contributed by atoms with Gasteiger partial charge in [0.2, 0.25) is 0 Å². The zero-order chi connectivity index (χ0) is 17.2. The maximum absolute atomic E-state index is 12.6. The van der Waals surface area contributed by atoms with Crippen molar-refractivity contribution in [3.05, 3.63) is 30.2 Å². The highest BCUT2D eigenvalue weighted by Gasteiger charge is 2.30. The molecule has 8 heteroatoms. The number of hydrogen-bond acceptors (Lipinski definition) is 6. The molecule has 0 aliphatic carbocycles. The van der Waals surface area contributed by atoms with Gasteiger partial charge in [-0.3, -0.25) is 4.79 Å². The fourth-order valence-electron chi connectivity index (χ4n) is 3.47. The van der Waals surface area contributed by atoms with Gasteiger partial charge < -0.3 is 14.5 Å². The molecule has 0 spiro atoms. The Morgan fingerprint density at radius 1 is 1.28 bits per heavy atom. The van der Waals surface area contributed by atoms with Crippen molar-refractivity contribution in [1.29, 1.82) is 0 Å². The summed E-state index contributed by atoms with van der Waals surface area (Å²) in [7, 11) is 1.72. The van der Waals surface area contributed by atoms with E-state index in [1.165, 1.54) is 23.7 Å². The predicted octanol–water partition coefficient (Wildman–Crippen LogP) is 1.10. The van der Waals surface area contributed by atoms with Gasteiger partial charge in [-0.1, -0.05) is 5.21 Å². The topological polar surface area (TPSA) is 76.4 Å². The molecule has 2 aliphatic rings. The number of amides is 1. The second-order valence-corrected chi connectivity index (χ2v) is 6.54. The summed E-state index contributed by atoms with van der Waals surface area (Å²) >= 11 is 0. The molecular weight excluding hydrogens is 320 g/mol. The number of aryl methyl sites for hydroxylation is 1. The highest BCUT2D eigenvalue weighted by molar-refractivity contribution is 5.92. The molecule has 1 unspecified atom stereocenters.